The molecule has 0 amide bonds. The summed E-state index contributed by atoms with van der Waals surface area (Å²) in [5.41, 5.74) is 0.975. The molecule has 0 aromatic heterocycles. The molecule has 0 radical (unpaired) electrons. The van der Waals surface area contributed by atoms with Crippen LogP contribution in [-0.2, 0) is 0 Å². The highest BCUT2D eigenvalue weighted by molar-refractivity contribution is 14.1. The highest BCUT2D eigenvalue weighted by Crippen LogP contribution is 2.31. The average Bonchev–Trinajstić information content (AvgIpc) is 2.64. The van der Waals surface area contributed by atoms with Crippen LogP contribution in [0.5, 0.6) is 11.5 Å². The molecule has 27 heavy (non-hydrogen) atoms. The van der Waals surface area contributed by atoms with Crippen molar-refractivity contribution in [1.82, 2.24) is 0 Å². The fraction of sp³-hybridized carbons (Fsp3) is 0. The minimum absolute atomic E-state index is 0.341. The maximum atomic E-state index is 12.3. The maximum Gasteiger partial charge on any atom is 0.344 e. The third kappa shape index (κ3) is 5.08. The van der Waals surface area contributed by atoms with E-state index in [4.69, 9.17) is 9.47 Å². The van der Waals surface area contributed by atoms with Gasteiger partial charge in [0.15, 0.2) is 0 Å². The van der Waals surface area contributed by atoms with E-state index >= 15 is 0 Å². The number of carbonyl (C=O) groups is 2. The van der Waals surface area contributed by atoms with Gasteiger partial charge in [-0.3, -0.25) is 0 Å². The zero-order valence-corrected chi connectivity index (χ0v) is 19.5. The average molecular weight is 649 g/mol. The highest BCUT2D eigenvalue weighted by Gasteiger charge is 2.16. The number of ether oxygens (including phenoxy) is 2. The van der Waals surface area contributed by atoms with E-state index in [1.807, 2.05) is 24.3 Å². The van der Waals surface area contributed by atoms with Crippen LogP contribution in [-0.4, -0.2) is 11.9 Å². The van der Waals surface area contributed by atoms with Crippen molar-refractivity contribution in [2.45, 2.75) is 0 Å². The van der Waals surface area contributed by atoms with Gasteiger partial charge < -0.3 is 9.47 Å². The van der Waals surface area contributed by atoms with E-state index in [0.717, 1.165) is 7.14 Å². The quantitative estimate of drug-likeness (QED) is 0.195. The second kappa shape index (κ2) is 9.16. The van der Waals surface area contributed by atoms with Crippen molar-refractivity contribution in [1.29, 1.82) is 0 Å². The summed E-state index contributed by atoms with van der Waals surface area (Å²) in [7, 11) is 0. The molecule has 3 aromatic rings. The molecule has 0 saturated heterocycles. The molecule has 3 aromatic carbocycles. The van der Waals surface area contributed by atoms with E-state index < -0.39 is 11.9 Å². The summed E-state index contributed by atoms with van der Waals surface area (Å²) in [6.45, 7) is 0. The van der Waals surface area contributed by atoms with E-state index in [9.17, 15) is 9.59 Å². The van der Waals surface area contributed by atoms with Crippen LogP contribution >= 0.6 is 61.1 Å². The molecule has 0 spiro atoms. The van der Waals surface area contributed by atoms with E-state index in [2.05, 4.69) is 61.1 Å². The van der Waals surface area contributed by atoms with Crippen molar-refractivity contribution in [2.24, 2.45) is 0 Å². The first-order valence-electron chi connectivity index (χ1n) is 7.68. The van der Waals surface area contributed by atoms with Crippen LogP contribution in [0.4, 0.5) is 0 Å². The lowest BCUT2D eigenvalue weighted by Crippen LogP contribution is -2.11. The first kappa shape index (κ1) is 20.3. The normalized spacial score (nSPS) is 10.3. The molecule has 0 saturated carbocycles. The SMILES string of the molecule is O=C(Oc1ccc(OC(=O)c2ccccc2I)c(Br)c1)c1ccccc1I. The Labute approximate surface area is 191 Å². The predicted octanol–water partition coefficient (Wildman–Crippen LogP) is 6.10. The minimum Gasteiger partial charge on any atom is -0.423 e. The number of benzene rings is 3. The molecular weight excluding hydrogens is 638 g/mol. The largest absolute Gasteiger partial charge is 0.423 e. The topological polar surface area (TPSA) is 52.6 Å². The van der Waals surface area contributed by atoms with Crippen LogP contribution in [0.2, 0.25) is 0 Å². The lowest BCUT2D eigenvalue weighted by Gasteiger charge is -2.10. The van der Waals surface area contributed by atoms with Gasteiger partial charge in [-0.15, -0.1) is 0 Å². The Hall–Kier alpha value is -1.46. The molecule has 0 unspecified atom stereocenters. The zero-order chi connectivity index (χ0) is 19.4. The highest BCUT2D eigenvalue weighted by atomic mass is 127. The second-order valence-electron chi connectivity index (χ2n) is 5.33. The maximum absolute atomic E-state index is 12.3. The van der Waals surface area contributed by atoms with Crippen LogP contribution in [0, 0.1) is 7.14 Å². The van der Waals surface area contributed by atoms with Crippen molar-refractivity contribution in [3.63, 3.8) is 0 Å². The van der Waals surface area contributed by atoms with Gasteiger partial charge in [-0.05, 0) is 104 Å². The summed E-state index contributed by atoms with van der Waals surface area (Å²) < 4.78 is 13.0. The molecule has 7 heteroatoms. The van der Waals surface area contributed by atoms with Crippen LogP contribution in [0.25, 0.3) is 0 Å². The molecule has 0 N–H and O–H groups in total. The number of hydrogen-bond acceptors (Lipinski definition) is 4. The molecule has 3 rings (SSSR count). The van der Waals surface area contributed by atoms with E-state index in [1.54, 1.807) is 42.5 Å². The molecule has 0 aliphatic heterocycles. The van der Waals surface area contributed by atoms with E-state index in [-0.39, 0.29) is 0 Å². The number of hydrogen-bond donors (Lipinski definition) is 0. The summed E-state index contributed by atoms with van der Waals surface area (Å²) in [6.07, 6.45) is 0. The summed E-state index contributed by atoms with van der Waals surface area (Å²) in [6, 6.07) is 19.1. The van der Waals surface area contributed by atoms with Gasteiger partial charge in [-0.25, -0.2) is 9.59 Å². The van der Waals surface area contributed by atoms with Gasteiger partial charge in [0.25, 0.3) is 0 Å². The van der Waals surface area contributed by atoms with Crippen LogP contribution in [0.15, 0.2) is 71.2 Å². The standard InChI is InChI=1S/C20H11BrI2O4/c21-15-11-12(26-19(24)13-5-1-3-7-16(13)22)9-10-18(15)27-20(25)14-6-2-4-8-17(14)23/h1-11H. The van der Waals surface area contributed by atoms with Crippen molar-refractivity contribution in [3.05, 3.63) is 89.5 Å². The molecule has 0 heterocycles. The Morgan fingerprint density at radius 2 is 1.26 bits per heavy atom. The molecule has 0 atom stereocenters. The van der Waals surface area contributed by atoms with Crippen LogP contribution < -0.4 is 9.47 Å². The van der Waals surface area contributed by atoms with Crippen LogP contribution in [0.1, 0.15) is 20.7 Å². The number of carbonyl (C=O) groups excluding carboxylic acids is 2. The van der Waals surface area contributed by atoms with E-state index in [1.165, 1.54) is 0 Å². The number of rotatable bonds is 4. The van der Waals surface area contributed by atoms with Crippen molar-refractivity contribution < 1.29 is 19.1 Å². The minimum atomic E-state index is -0.454. The number of esters is 2. The van der Waals surface area contributed by atoms with Gasteiger partial charge >= 0.3 is 11.9 Å². The van der Waals surface area contributed by atoms with Crippen molar-refractivity contribution >= 4 is 73.1 Å². The lowest BCUT2D eigenvalue weighted by atomic mass is 10.2. The molecule has 4 nitrogen and oxygen atoms in total. The number of halogens is 3. The first-order valence-corrected chi connectivity index (χ1v) is 10.6. The molecule has 0 aliphatic carbocycles. The Kier molecular flexibility index (Phi) is 6.88. The third-order valence-corrected chi connectivity index (χ3v) is 6.01. The van der Waals surface area contributed by atoms with Crippen molar-refractivity contribution in [3.8, 4) is 11.5 Å². The monoisotopic (exact) mass is 648 g/mol. The summed E-state index contributed by atoms with van der Waals surface area (Å²) in [5.74, 6) is -0.214. The Morgan fingerprint density at radius 3 is 1.78 bits per heavy atom. The van der Waals surface area contributed by atoms with Gasteiger partial charge in [0.2, 0.25) is 0 Å². The van der Waals surface area contributed by atoms with Crippen LogP contribution in [0.3, 0.4) is 0 Å². The van der Waals surface area contributed by atoms with E-state index in [0.29, 0.717) is 27.1 Å². The smallest absolute Gasteiger partial charge is 0.344 e. The molecule has 136 valence electrons. The Balaban J connectivity index is 1.74. The van der Waals surface area contributed by atoms with Gasteiger partial charge in [-0.1, -0.05) is 24.3 Å². The second-order valence-corrected chi connectivity index (χ2v) is 8.51. The molecular formula is C20H11BrI2O4. The fourth-order valence-corrected chi connectivity index (χ4v) is 3.85. The predicted molar refractivity (Wildman–Crippen MR) is 122 cm³/mol. The molecule has 0 aliphatic rings. The molecule has 0 bridgehead atoms. The third-order valence-electron chi connectivity index (χ3n) is 3.50. The molecule has 0 fully saturated rings. The van der Waals surface area contributed by atoms with Crippen molar-refractivity contribution in [2.75, 3.05) is 0 Å². The summed E-state index contributed by atoms with van der Waals surface area (Å²) in [4.78, 5) is 24.6. The summed E-state index contributed by atoms with van der Waals surface area (Å²) >= 11 is 7.52. The lowest BCUT2D eigenvalue weighted by molar-refractivity contribution is 0.0717. The first-order chi connectivity index (χ1) is 13.0. The Morgan fingerprint density at radius 1 is 0.741 bits per heavy atom. The fourth-order valence-electron chi connectivity index (χ4n) is 2.20. The van der Waals surface area contributed by atoms with Gasteiger partial charge in [0.1, 0.15) is 11.5 Å². The van der Waals surface area contributed by atoms with Gasteiger partial charge in [-0.2, -0.15) is 0 Å². The Bertz CT molecular complexity index is 1020. The summed E-state index contributed by atoms with van der Waals surface area (Å²) in [5, 5.41) is 0. The van der Waals surface area contributed by atoms with Gasteiger partial charge in [0.05, 0.1) is 15.6 Å². The zero-order valence-electron chi connectivity index (χ0n) is 13.6. The van der Waals surface area contributed by atoms with Gasteiger partial charge in [0, 0.05) is 7.14 Å².